The van der Waals surface area contributed by atoms with Crippen LogP contribution in [0.2, 0.25) is 0 Å². The SMILES string of the molecule is COCCn1cc(C(=O)O)c2c(-c3ccccn3)cccc21.Cl. The summed E-state index contributed by atoms with van der Waals surface area (Å²) >= 11 is 0. The second-order valence-corrected chi connectivity index (χ2v) is 4.95. The number of benzene rings is 1. The van der Waals surface area contributed by atoms with Gasteiger partial charge in [0.25, 0.3) is 0 Å². The van der Waals surface area contributed by atoms with E-state index in [4.69, 9.17) is 4.74 Å². The minimum Gasteiger partial charge on any atom is -0.478 e. The topological polar surface area (TPSA) is 64.3 Å². The van der Waals surface area contributed by atoms with Gasteiger partial charge < -0.3 is 14.4 Å². The average Bonchev–Trinajstić information content (AvgIpc) is 2.93. The number of methoxy groups -OCH3 is 1. The second-order valence-electron chi connectivity index (χ2n) is 4.95. The lowest BCUT2D eigenvalue weighted by atomic mass is 10.0. The zero-order valence-electron chi connectivity index (χ0n) is 12.6. The maximum absolute atomic E-state index is 11.6. The highest BCUT2D eigenvalue weighted by atomic mass is 35.5. The third-order valence-corrected chi connectivity index (χ3v) is 3.61. The number of fused-ring (bicyclic) bond motifs is 1. The Morgan fingerprint density at radius 1 is 1.26 bits per heavy atom. The van der Waals surface area contributed by atoms with Crippen LogP contribution in [0.4, 0.5) is 0 Å². The number of aromatic carboxylic acids is 1. The third kappa shape index (κ3) is 3.21. The first-order chi connectivity index (χ1) is 10.7. The first-order valence-corrected chi connectivity index (χ1v) is 6.98. The van der Waals surface area contributed by atoms with Crippen molar-refractivity contribution in [1.29, 1.82) is 0 Å². The van der Waals surface area contributed by atoms with Gasteiger partial charge in [-0.15, -0.1) is 12.4 Å². The quantitative estimate of drug-likeness (QED) is 0.777. The Labute approximate surface area is 139 Å². The molecule has 0 aliphatic heterocycles. The van der Waals surface area contributed by atoms with Crippen molar-refractivity contribution in [2.45, 2.75) is 6.54 Å². The van der Waals surface area contributed by atoms with Crippen LogP contribution in [0.5, 0.6) is 0 Å². The van der Waals surface area contributed by atoms with E-state index < -0.39 is 5.97 Å². The summed E-state index contributed by atoms with van der Waals surface area (Å²) in [5.41, 5.74) is 2.75. The van der Waals surface area contributed by atoms with Crippen molar-refractivity contribution in [1.82, 2.24) is 9.55 Å². The predicted octanol–water partition coefficient (Wildman–Crippen LogP) is 3.47. The number of pyridine rings is 1. The Morgan fingerprint density at radius 3 is 2.74 bits per heavy atom. The molecule has 0 unspecified atom stereocenters. The minimum atomic E-state index is -0.940. The van der Waals surface area contributed by atoms with Gasteiger partial charge in [-0.25, -0.2) is 4.79 Å². The van der Waals surface area contributed by atoms with Crippen LogP contribution in [0.25, 0.3) is 22.2 Å². The third-order valence-electron chi connectivity index (χ3n) is 3.61. The molecule has 23 heavy (non-hydrogen) atoms. The van der Waals surface area contributed by atoms with Crippen molar-refractivity contribution in [2.75, 3.05) is 13.7 Å². The Kier molecular flexibility index (Phi) is 5.36. The van der Waals surface area contributed by atoms with E-state index in [9.17, 15) is 9.90 Å². The van der Waals surface area contributed by atoms with Crippen molar-refractivity contribution >= 4 is 29.3 Å². The molecule has 3 rings (SSSR count). The molecule has 120 valence electrons. The van der Waals surface area contributed by atoms with Gasteiger partial charge in [-0.05, 0) is 18.2 Å². The highest BCUT2D eigenvalue weighted by Crippen LogP contribution is 2.31. The lowest BCUT2D eigenvalue weighted by Crippen LogP contribution is -2.02. The van der Waals surface area contributed by atoms with Crippen LogP contribution in [0.1, 0.15) is 10.4 Å². The fraction of sp³-hybridized carbons (Fsp3) is 0.176. The molecular weight excluding hydrogens is 316 g/mol. The number of rotatable bonds is 5. The molecule has 0 saturated heterocycles. The van der Waals surface area contributed by atoms with E-state index in [0.717, 1.165) is 16.8 Å². The van der Waals surface area contributed by atoms with E-state index >= 15 is 0 Å². The van der Waals surface area contributed by atoms with Crippen LogP contribution >= 0.6 is 12.4 Å². The van der Waals surface area contributed by atoms with Crippen LogP contribution in [0.15, 0.2) is 48.8 Å². The second kappa shape index (κ2) is 7.26. The molecule has 6 heteroatoms. The normalized spacial score (nSPS) is 10.5. The average molecular weight is 333 g/mol. The maximum Gasteiger partial charge on any atom is 0.337 e. The summed E-state index contributed by atoms with van der Waals surface area (Å²) in [7, 11) is 1.63. The number of carbonyl (C=O) groups is 1. The Bertz CT molecular complexity index is 815. The number of carboxylic acids is 1. The van der Waals surface area contributed by atoms with Gasteiger partial charge in [0.2, 0.25) is 0 Å². The van der Waals surface area contributed by atoms with Crippen LogP contribution in [-0.2, 0) is 11.3 Å². The van der Waals surface area contributed by atoms with Gasteiger partial charge in [0, 0.05) is 42.5 Å². The van der Waals surface area contributed by atoms with Gasteiger partial charge >= 0.3 is 5.97 Å². The Balaban J connectivity index is 0.00000192. The van der Waals surface area contributed by atoms with Gasteiger partial charge in [-0.3, -0.25) is 4.98 Å². The van der Waals surface area contributed by atoms with E-state index in [0.29, 0.717) is 18.5 Å². The van der Waals surface area contributed by atoms with Gasteiger partial charge in [-0.1, -0.05) is 18.2 Å². The molecule has 0 aliphatic rings. The van der Waals surface area contributed by atoms with Crippen molar-refractivity contribution in [2.24, 2.45) is 0 Å². The fourth-order valence-corrected chi connectivity index (χ4v) is 2.62. The molecule has 2 aromatic heterocycles. The van der Waals surface area contributed by atoms with Gasteiger partial charge in [0.05, 0.1) is 17.9 Å². The molecule has 3 aromatic rings. The van der Waals surface area contributed by atoms with Crippen LogP contribution in [0, 0.1) is 0 Å². The number of carboxylic acid groups (broad SMARTS) is 1. The van der Waals surface area contributed by atoms with Gasteiger partial charge in [-0.2, -0.15) is 0 Å². The maximum atomic E-state index is 11.6. The zero-order valence-corrected chi connectivity index (χ0v) is 13.4. The molecule has 0 aliphatic carbocycles. The van der Waals surface area contributed by atoms with Crippen molar-refractivity contribution in [3.63, 3.8) is 0 Å². The monoisotopic (exact) mass is 332 g/mol. The van der Waals surface area contributed by atoms with Crippen molar-refractivity contribution in [3.8, 4) is 11.3 Å². The minimum absolute atomic E-state index is 0. The number of hydrogen-bond donors (Lipinski definition) is 1. The molecule has 1 aromatic carbocycles. The molecular formula is C17H17ClN2O3. The molecule has 0 bridgehead atoms. The van der Waals surface area contributed by atoms with E-state index in [1.807, 2.05) is 41.0 Å². The van der Waals surface area contributed by atoms with E-state index in [1.165, 1.54) is 0 Å². The van der Waals surface area contributed by atoms with Crippen LogP contribution < -0.4 is 0 Å². The zero-order chi connectivity index (χ0) is 15.5. The molecule has 0 spiro atoms. The van der Waals surface area contributed by atoms with E-state index in [2.05, 4.69) is 4.98 Å². The lowest BCUT2D eigenvalue weighted by Gasteiger charge is -2.06. The number of aromatic nitrogens is 2. The summed E-state index contributed by atoms with van der Waals surface area (Å²) in [4.78, 5) is 16.0. The summed E-state index contributed by atoms with van der Waals surface area (Å²) in [5.74, 6) is -0.940. The van der Waals surface area contributed by atoms with E-state index in [1.54, 1.807) is 19.5 Å². The number of ether oxygens (including phenoxy) is 1. The highest BCUT2D eigenvalue weighted by molar-refractivity contribution is 6.09. The Morgan fingerprint density at radius 2 is 2.09 bits per heavy atom. The highest BCUT2D eigenvalue weighted by Gasteiger charge is 2.18. The summed E-state index contributed by atoms with van der Waals surface area (Å²) < 4.78 is 7.01. The molecule has 1 N–H and O–H groups in total. The summed E-state index contributed by atoms with van der Waals surface area (Å²) in [6.45, 7) is 1.13. The standard InChI is InChI=1S/C17H16N2O3.ClH/c1-22-10-9-19-11-13(17(20)21)16-12(5-4-7-15(16)19)14-6-2-3-8-18-14;/h2-8,11H,9-10H2,1H3,(H,20,21);1H. The van der Waals surface area contributed by atoms with Gasteiger partial charge in [0.1, 0.15) is 0 Å². The fourth-order valence-electron chi connectivity index (χ4n) is 2.62. The first-order valence-electron chi connectivity index (χ1n) is 6.98. The molecule has 5 nitrogen and oxygen atoms in total. The number of hydrogen-bond acceptors (Lipinski definition) is 3. The van der Waals surface area contributed by atoms with Crippen LogP contribution in [0.3, 0.4) is 0 Å². The number of nitrogens with zero attached hydrogens (tertiary/aromatic N) is 2. The van der Waals surface area contributed by atoms with Gasteiger partial charge in [0.15, 0.2) is 0 Å². The number of halogens is 1. The lowest BCUT2D eigenvalue weighted by molar-refractivity contribution is 0.0698. The molecule has 0 radical (unpaired) electrons. The summed E-state index contributed by atoms with van der Waals surface area (Å²) in [6, 6.07) is 11.4. The van der Waals surface area contributed by atoms with E-state index in [-0.39, 0.29) is 18.0 Å². The smallest absolute Gasteiger partial charge is 0.337 e. The van der Waals surface area contributed by atoms with Crippen LogP contribution in [-0.4, -0.2) is 34.3 Å². The predicted molar refractivity (Wildman–Crippen MR) is 91.3 cm³/mol. The molecule has 2 heterocycles. The molecule has 0 saturated carbocycles. The molecule has 0 atom stereocenters. The van der Waals surface area contributed by atoms with Crippen molar-refractivity contribution in [3.05, 3.63) is 54.4 Å². The largest absolute Gasteiger partial charge is 0.478 e. The van der Waals surface area contributed by atoms with Crippen molar-refractivity contribution < 1.29 is 14.6 Å². The first kappa shape index (κ1) is 17.0. The summed E-state index contributed by atoms with van der Waals surface area (Å²) in [6.07, 6.45) is 3.37. The molecule has 0 amide bonds. The Hall–Kier alpha value is -2.37. The molecule has 0 fully saturated rings. The summed E-state index contributed by atoms with van der Waals surface area (Å²) in [5, 5.41) is 10.2.